The predicted molar refractivity (Wildman–Crippen MR) is 67.2 cm³/mol. The molecule has 5 nitrogen and oxygen atoms in total. The van der Waals surface area contributed by atoms with Gasteiger partial charge in [-0.15, -0.1) is 0 Å². The Hall–Kier alpha value is -1.52. The van der Waals surface area contributed by atoms with E-state index in [2.05, 4.69) is 15.5 Å². The van der Waals surface area contributed by atoms with Crippen LogP contribution in [0.25, 0.3) is 10.4 Å². The first-order chi connectivity index (χ1) is 7.93. The van der Waals surface area contributed by atoms with Crippen LogP contribution in [0.5, 0.6) is 0 Å². The highest BCUT2D eigenvalue weighted by Crippen LogP contribution is 2.11. The molecule has 0 aliphatic carbocycles. The minimum atomic E-state index is -3.61. The molecule has 0 N–H and O–H groups in total. The molecule has 0 fully saturated rings. The maximum absolute atomic E-state index is 11.1. The van der Waals surface area contributed by atoms with Crippen LogP contribution in [0.1, 0.15) is 23.1 Å². The van der Waals surface area contributed by atoms with Gasteiger partial charge in [0.05, 0.1) is 5.75 Å². The summed E-state index contributed by atoms with van der Waals surface area (Å²) in [7, 11) is -3.61. The summed E-state index contributed by atoms with van der Waals surface area (Å²) < 4.78 is 25.0. The van der Waals surface area contributed by atoms with Crippen molar-refractivity contribution in [1.82, 2.24) is 0 Å². The molecule has 0 amide bonds. The van der Waals surface area contributed by atoms with E-state index in [9.17, 15) is 8.42 Å². The van der Waals surface area contributed by atoms with Crippen LogP contribution >= 0.6 is 0 Å². The molecule has 1 aromatic rings. The Kier molecular flexibility index (Phi) is 4.54. The minimum Gasteiger partial charge on any atom is -0.221 e. The number of nitrogens with zero attached hydrogens (tertiary/aromatic N) is 3. The van der Waals surface area contributed by atoms with E-state index in [1.54, 1.807) is 0 Å². The Morgan fingerprint density at radius 3 is 2.35 bits per heavy atom. The van der Waals surface area contributed by atoms with Gasteiger partial charge in [0, 0.05) is 9.43 Å². The van der Waals surface area contributed by atoms with Gasteiger partial charge in [-0.1, -0.05) is 29.3 Å². The first kappa shape index (κ1) is 13.5. The summed E-state index contributed by atoms with van der Waals surface area (Å²) in [5.41, 5.74) is 11.5. The predicted octanol–water partition coefficient (Wildman–Crippen LogP) is 2.88. The Morgan fingerprint density at radius 1 is 1.24 bits per heavy atom. The molecule has 0 aromatic heterocycles. The lowest BCUT2D eigenvalue weighted by atomic mass is 10.0. The SMILES string of the molecule is Cc1cc(C)cc(CCCS(=O)(=O)N=[N+]=[N-])c1. The van der Waals surface area contributed by atoms with E-state index < -0.39 is 10.0 Å². The zero-order chi connectivity index (χ0) is 12.9. The molecular weight excluding hydrogens is 238 g/mol. The van der Waals surface area contributed by atoms with Gasteiger partial charge in [0.1, 0.15) is 0 Å². The third kappa shape index (κ3) is 4.89. The summed E-state index contributed by atoms with van der Waals surface area (Å²) in [5, 5.41) is 0. The fourth-order valence-corrected chi connectivity index (χ4v) is 2.47. The number of aryl methyl sites for hydroxylation is 3. The molecule has 17 heavy (non-hydrogen) atoms. The molecule has 0 aliphatic rings. The number of hydrogen-bond donors (Lipinski definition) is 0. The lowest BCUT2D eigenvalue weighted by Gasteiger charge is -2.04. The Morgan fingerprint density at radius 2 is 1.82 bits per heavy atom. The van der Waals surface area contributed by atoms with Crippen LogP contribution in [0, 0.1) is 13.8 Å². The number of sulfonamides is 1. The highest BCUT2D eigenvalue weighted by Gasteiger charge is 2.07. The van der Waals surface area contributed by atoms with Crippen molar-refractivity contribution in [2.45, 2.75) is 26.7 Å². The van der Waals surface area contributed by atoms with Crippen molar-refractivity contribution in [2.75, 3.05) is 5.75 Å². The van der Waals surface area contributed by atoms with E-state index in [1.165, 1.54) is 0 Å². The number of rotatable bonds is 5. The Balaban J connectivity index is 2.60. The first-order valence-corrected chi connectivity index (χ1v) is 6.90. The number of benzene rings is 1. The van der Waals surface area contributed by atoms with E-state index in [1.807, 2.05) is 26.0 Å². The van der Waals surface area contributed by atoms with Crippen molar-refractivity contribution in [3.63, 3.8) is 0 Å². The van der Waals surface area contributed by atoms with Gasteiger partial charge >= 0.3 is 0 Å². The molecule has 0 aliphatic heterocycles. The van der Waals surface area contributed by atoms with E-state index in [4.69, 9.17) is 5.53 Å². The minimum absolute atomic E-state index is 0.107. The van der Waals surface area contributed by atoms with E-state index in [0.29, 0.717) is 12.8 Å². The third-order valence-electron chi connectivity index (χ3n) is 2.31. The van der Waals surface area contributed by atoms with Crippen LogP contribution < -0.4 is 0 Å². The monoisotopic (exact) mass is 253 g/mol. The summed E-state index contributed by atoms with van der Waals surface area (Å²) in [6, 6.07) is 6.14. The molecule has 1 rings (SSSR count). The molecule has 92 valence electrons. The van der Waals surface area contributed by atoms with Crippen LogP contribution in [0.15, 0.2) is 22.7 Å². The molecule has 0 atom stereocenters. The van der Waals surface area contributed by atoms with Crippen molar-refractivity contribution in [3.05, 3.63) is 45.3 Å². The number of hydrogen-bond acceptors (Lipinski definition) is 2. The van der Waals surface area contributed by atoms with Crippen LogP contribution in [-0.2, 0) is 16.4 Å². The summed E-state index contributed by atoms with van der Waals surface area (Å²) in [6.07, 6.45) is 1.13. The second kappa shape index (κ2) is 5.70. The van der Waals surface area contributed by atoms with Crippen molar-refractivity contribution >= 4 is 10.0 Å². The maximum atomic E-state index is 11.1. The van der Waals surface area contributed by atoms with E-state index in [0.717, 1.165) is 16.7 Å². The van der Waals surface area contributed by atoms with Crippen LogP contribution in [0.3, 0.4) is 0 Å². The van der Waals surface area contributed by atoms with Crippen molar-refractivity contribution < 1.29 is 8.42 Å². The lowest BCUT2D eigenvalue weighted by Crippen LogP contribution is -2.03. The van der Waals surface area contributed by atoms with Gasteiger partial charge in [0.25, 0.3) is 0 Å². The van der Waals surface area contributed by atoms with Crippen molar-refractivity contribution in [1.29, 1.82) is 0 Å². The van der Waals surface area contributed by atoms with Gasteiger partial charge in [0.2, 0.25) is 10.0 Å². The highest BCUT2D eigenvalue weighted by molar-refractivity contribution is 7.89. The second-order valence-corrected chi connectivity index (χ2v) is 5.79. The normalized spacial score (nSPS) is 10.9. The van der Waals surface area contributed by atoms with Crippen LogP contribution in [-0.4, -0.2) is 14.2 Å². The molecule has 0 bridgehead atoms. The van der Waals surface area contributed by atoms with Crippen molar-refractivity contribution in [3.8, 4) is 0 Å². The third-order valence-corrected chi connectivity index (χ3v) is 3.44. The summed E-state index contributed by atoms with van der Waals surface area (Å²) >= 11 is 0. The van der Waals surface area contributed by atoms with Gasteiger partial charge in [-0.25, -0.2) is 8.42 Å². The summed E-state index contributed by atoms with van der Waals surface area (Å²) in [5.74, 6) is -0.107. The largest absolute Gasteiger partial charge is 0.235 e. The van der Waals surface area contributed by atoms with Gasteiger partial charge in [-0.2, -0.15) is 0 Å². The van der Waals surface area contributed by atoms with Gasteiger partial charge in [-0.3, -0.25) is 0 Å². The molecule has 0 heterocycles. The highest BCUT2D eigenvalue weighted by atomic mass is 32.2. The molecule has 0 unspecified atom stereocenters. The zero-order valence-electron chi connectivity index (χ0n) is 9.92. The average molecular weight is 253 g/mol. The van der Waals surface area contributed by atoms with Crippen molar-refractivity contribution in [2.24, 2.45) is 4.52 Å². The van der Waals surface area contributed by atoms with Gasteiger partial charge < -0.3 is 0 Å². The summed E-state index contributed by atoms with van der Waals surface area (Å²) in [6.45, 7) is 4.01. The fraction of sp³-hybridized carbons (Fsp3) is 0.455. The number of azide groups is 1. The smallest absolute Gasteiger partial charge is 0.221 e. The molecular formula is C11H15N3O2S. The van der Waals surface area contributed by atoms with Gasteiger partial charge in [-0.05, 0) is 37.8 Å². The van der Waals surface area contributed by atoms with E-state index >= 15 is 0 Å². The van der Waals surface area contributed by atoms with E-state index in [-0.39, 0.29) is 5.75 Å². The quantitative estimate of drug-likeness (QED) is 0.459. The average Bonchev–Trinajstić information content (AvgIpc) is 2.15. The molecule has 1 aromatic carbocycles. The lowest BCUT2D eigenvalue weighted by molar-refractivity contribution is 0.594. The molecule has 0 spiro atoms. The molecule has 0 saturated carbocycles. The van der Waals surface area contributed by atoms with Crippen LogP contribution in [0.4, 0.5) is 0 Å². The summed E-state index contributed by atoms with van der Waals surface area (Å²) in [4.78, 5) is 2.30. The maximum Gasteiger partial charge on any atom is 0.235 e. The topological polar surface area (TPSA) is 82.9 Å². The molecule has 6 heteroatoms. The first-order valence-electron chi connectivity index (χ1n) is 5.29. The standard InChI is InChI=1S/C11H15N3O2S/c1-9-6-10(2)8-11(7-9)4-3-5-17(15,16)14-13-12/h6-8H,3-5H2,1-2H3. The Labute approximate surface area is 101 Å². The van der Waals surface area contributed by atoms with Gasteiger partial charge in [0.15, 0.2) is 0 Å². The molecule has 0 saturated heterocycles. The Bertz CT molecular complexity index is 526. The molecule has 0 radical (unpaired) electrons. The van der Waals surface area contributed by atoms with Crippen LogP contribution in [0.2, 0.25) is 0 Å². The second-order valence-electron chi connectivity index (χ2n) is 4.06. The zero-order valence-corrected chi connectivity index (χ0v) is 10.7. The fourth-order valence-electron chi connectivity index (χ4n) is 1.77.